The van der Waals surface area contributed by atoms with Crippen molar-refractivity contribution in [3.05, 3.63) is 27.1 Å². The van der Waals surface area contributed by atoms with Crippen LogP contribution in [-0.2, 0) is 10.0 Å². The largest absolute Gasteiger partial charge is 0.409 e. The molecule has 0 atom stereocenters. The van der Waals surface area contributed by atoms with E-state index >= 15 is 0 Å². The van der Waals surface area contributed by atoms with E-state index in [2.05, 4.69) is 41.7 Å². The number of halogens is 2. The number of nitrogens with zero attached hydrogens (tertiary/aromatic N) is 1. The lowest BCUT2D eigenvalue weighted by Crippen LogP contribution is -2.56. The number of sulfonamides is 1. The van der Waals surface area contributed by atoms with E-state index in [1.807, 2.05) is 0 Å². The van der Waals surface area contributed by atoms with Gasteiger partial charge in [-0.2, -0.15) is 4.72 Å². The minimum Gasteiger partial charge on any atom is -0.409 e. The molecule has 21 heavy (non-hydrogen) atoms. The summed E-state index contributed by atoms with van der Waals surface area (Å²) >= 11 is 6.46. The van der Waals surface area contributed by atoms with Crippen molar-refractivity contribution >= 4 is 47.7 Å². The molecule has 0 fully saturated rings. The van der Waals surface area contributed by atoms with Crippen molar-refractivity contribution in [2.45, 2.75) is 37.1 Å². The minimum absolute atomic E-state index is 0.0777. The Labute approximate surface area is 141 Å². The number of hydrogen-bond donors (Lipinski definition) is 3. The van der Waals surface area contributed by atoms with Crippen LogP contribution in [0.5, 0.6) is 0 Å². The second-order valence-corrected chi connectivity index (χ2v) is 7.88. The van der Waals surface area contributed by atoms with Crippen molar-refractivity contribution < 1.29 is 13.6 Å². The Hall–Kier alpha value is -0.640. The van der Waals surface area contributed by atoms with Gasteiger partial charge >= 0.3 is 0 Å². The van der Waals surface area contributed by atoms with Gasteiger partial charge in [0, 0.05) is 8.95 Å². The van der Waals surface area contributed by atoms with E-state index in [1.54, 1.807) is 26.0 Å². The summed E-state index contributed by atoms with van der Waals surface area (Å²) in [6.45, 7) is 3.53. The molecular weight excluding hydrogens is 426 g/mol. The van der Waals surface area contributed by atoms with Gasteiger partial charge in [-0.05, 0) is 47.0 Å². The van der Waals surface area contributed by atoms with E-state index in [-0.39, 0.29) is 10.7 Å². The zero-order valence-corrected chi connectivity index (χ0v) is 15.6. The van der Waals surface area contributed by atoms with Crippen LogP contribution in [0, 0.1) is 0 Å². The second-order valence-electron chi connectivity index (χ2n) is 4.45. The first kappa shape index (κ1) is 18.4. The molecule has 0 amide bonds. The van der Waals surface area contributed by atoms with Crippen LogP contribution < -0.4 is 10.5 Å². The van der Waals surface area contributed by atoms with E-state index < -0.39 is 15.6 Å². The number of benzene rings is 1. The highest BCUT2D eigenvalue weighted by Crippen LogP contribution is 2.28. The van der Waals surface area contributed by atoms with Crippen molar-refractivity contribution in [1.29, 1.82) is 0 Å². The summed E-state index contributed by atoms with van der Waals surface area (Å²) < 4.78 is 28.8. The third kappa shape index (κ3) is 3.97. The molecule has 1 rings (SSSR count). The van der Waals surface area contributed by atoms with Crippen molar-refractivity contribution in [3.8, 4) is 0 Å². The van der Waals surface area contributed by atoms with E-state index in [1.165, 1.54) is 6.07 Å². The van der Waals surface area contributed by atoms with Gasteiger partial charge in [0.2, 0.25) is 10.0 Å². The summed E-state index contributed by atoms with van der Waals surface area (Å²) in [5, 5.41) is 11.9. The Kier molecular flexibility index (Phi) is 6.21. The number of rotatable bonds is 6. The monoisotopic (exact) mass is 441 g/mol. The molecule has 0 unspecified atom stereocenters. The Bertz CT molecular complexity index is 643. The van der Waals surface area contributed by atoms with Gasteiger partial charge < -0.3 is 10.9 Å². The number of oxime groups is 1. The standard InChI is InChI=1S/C12H17Br2N3O3S/c1-3-12(4-2,11(15)16-18)17-21(19,20)10-7-8(13)5-6-9(10)14/h5-7,17-18H,3-4H2,1-2H3,(H2,15,16). The van der Waals surface area contributed by atoms with Gasteiger partial charge in [0.05, 0.1) is 10.4 Å². The highest BCUT2D eigenvalue weighted by Gasteiger charge is 2.37. The number of amidine groups is 1. The highest BCUT2D eigenvalue weighted by atomic mass is 79.9. The summed E-state index contributed by atoms with van der Waals surface area (Å²) in [4.78, 5) is 0.0777. The molecule has 0 aliphatic rings. The molecule has 118 valence electrons. The van der Waals surface area contributed by atoms with Gasteiger partial charge in [-0.3, -0.25) is 0 Å². The van der Waals surface area contributed by atoms with Crippen LogP contribution in [0.2, 0.25) is 0 Å². The third-order valence-corrected chi connectivity index (χ3v) is 6.34. The van der Waals surface area contributed by atoms with Crippen LogP contribution in [-0.4, -0.2) is 25.0 Å². The van der Waals surface area contributed by atoms with Crippen molar-refractivity contribution in [2.24, 2.45) is 10.9 Å². The van der Waals surface area contributed by atoms with E-state index in [4.69, 9.17) is 10.9 Å². The maximum absolute atomic E-state index is 12.6. The van der Waals surface area contributed by atoms with Crippen LogP contribution in [0.15, 0.2) is 37.2 Å². The molecule has 0 radical (unpaired) electrons. The Morgan fingerprint density at radius 2 is 1.95 bits per heavy atom. The molecule has 4 N–H and O–H groups in total. The number of nitrogens with one attached hydrogen (secondary N) is 1. The summed E-state index contributed by atoms with van der Waals surface area (Å²) in [5.74, 6) is -0.165. The molecule has 0 bridgehead atoms. The number of nitrogens with two attached hydrogens (primary N) is 1. The molecule has 1 aromatic rings. The predicted molar refractivity (Wildman–Crippen MR) is 88.9 cm³/mol. The lowest BCUT2D eigenvalue weighted by molar-refractivity contribution is 0.307. The predicted octanol–water partition coefficient (Wildman–Crippen LogP) is 2.80. The molecular formula is C12H17Br2N3O3S. The summed E-state index contributed by atoms with van der Waals surface area (Å²) in [6, 6.07) is 4.83. The molecule has 0 aliphatic carbocycles. The molecule has 0 aliphatic heterocycles. The van der Waals surface area contributed by atoms with Crippen LogP contribution in [0.1, 0.15) is 26.7 Å². The lowest BCUT2D eigenvalue weighted by Gasteiger charge is -2.31. The smallest absolute Gasteiger partial charge is 0.242 e. The van der Waals surface area contributed by atoms with Gasteiger partial charge in [0.25, 0.3) is 0 Å². The zero-order valence-electron chi connectivity index (χ0n) is 11.6. The Morgan fingerprint density at radius 1 is 1.38 bits per heavy atom. The zero-order chi connectivity index (χ0) is 16.3. The van der Waals surface area contributed by atoms with Gasteiger partial charge in [-0.1, -0.05) is 34.9 Å². The van der Waals surface area contributed by atoms with Crippen molar-refractivity contribution in [1.82, 2.24) is 4.72 Å². The summed E-state index contributed by atoms with van der Waals surface area (Å²) in [6.07, 6.45) is 0.703. The first-order valence-corrected chi connectivity index (χ1v) is 9.26. The third-order valence-electron chi connectivity index (χ3n) is 3.32. The molecule has 1 aromatic carbocycles. The summed E-state index contributed by atoms with van der Waals surface area (Å²) in [5.41, 5.74) is 4.55. The van der Waals surface area contributed by atoms with Crippen molar-refractivity contribution in [2.75, 3.05) is 0 Å². The molecule has 9 heteroatoms. The second kappa shape index (κ2) is 7.08. The van der Waals surface area contributed by atoms with Crippen LogP contribution in [0.25, 0.3) is 0 Å². The molecule has 0 spiro atoms. The van der Waals surface area contributed by atoms with Crippen molar-refractivity contribution in [3.63, 3.8) is 0 Å². The average molecular weight is 443 g/mol. The molecule has 0 aromatic heterocycles. The molecule has 6 nitrogen and oxygen atoms in total. The van der Waals surface area contributed by atoms with E-state index in [9.17, 15) is 8.42 Å². The average Bonchev–Trinajstić information content (AvgIpc) is 2.46. The van der Waals surface area contributed by atoms with Crippen LogP contribution >= 0.6 is 31.9 Å². The first-order valence-electron chi connectivity index (χ1n) is 6.19. The maximum Gasteiger partial charge on any atom is 0.242 e. The SMILES string of the molecule is CCC(CC)(NS(=O)(=O)c1cc(Br)ccc1Br)/C(N)=N/O. The normalized spacial score (nSPS) is 13.4. The van der Waals surface area contributed by atoms with Gasteiger partial charge in [-0.15, -0.1) is 0 Å². The first-order chi connectivity index (χ1) is 9.72. The van der Waals surface area contributed by atoms with Gasteiger partial charge in [-0.25, -0.2) is 8.42 Å². The molecule has 0 heterocycles. The molecule has 0 saturated carbocycles. The quantitative estimate of drug-likeness (QED) is 0.272. The fourth-order valence-corrected chi connectivity index (χ4v) is 4.92. The topological polar surface area (TPSA) is 105 Å². The highest BCUT2D eigenvalue weighted by molar-refractivity contribution is 9.11. The Morgan fingerprint density at radius 3 is 2.43 bits per heavy atom. The summed E-state index contributed by atoms with van der Waals surface area (Å²) in [7, 11) is -3.85. The molecule has 0 saturated heterocycles. The van der Waals surface area contributed by atoms with Crippen LogP contribution in [0.4, 0.5) is 0 Å². The lowest BCUT2D eigenvalue weighted by atomic mass is 9.93. The Balaban J connectivity index is 3.34. The number of hydrogen-bond acceptors (Lipinski definition) is 4. The fourth-order valence-electron chi connectivity index (χ4n) is 1.90. The van der Waals surface area contributed by atoms with E-state index in [0.717, 1.165) is 0 Å². The minimum atomic E-state index is -3.85. The fraction of sp³-hybridized carbons (Fsp3) is 0.417. The van der Waals surface area contributed by atoms with E-state index in [0.29, 0.717) is 21.8 Å². The maximum atomic E-state index is 12.6. The van der Waals surface area contributed by atoms with Crippen LogP contribution in [0.3, 0.4) is 0 Å². The van der Waals surface area contributed by atoms with Gasteiger partial charge in [0.1, 0.15) is 0 Å². The van der Waals surface area contributed by atoms with Gasteiger partial charge in [0.15, 0.2) is 5.84 Å².